The van der Waals surface area contributed by atoms with Gasteiger partial charge < -0.3 is 10.2 Å². The van der Waals surface area contributed by atoms with Gasteiger partial charge in [-0.1, -0.05) is 74.8 Å². The quantitative estimate of drug-likeness (QED) is 0.173. The molecule has 5 nitrogen and oxygen atoms in total. The van der Waals surface area contributed by atoms with E-state index in [1.54, 1.807) is 0 Å². The molecule has 0 fully saturated rings. The summed E-state index contributed by atoms with van der Waals surface area (Å²) in [6, 6.07) is 0. The van der Waals surface area contributed by atoms with Crippen LogP contribution >= 0.6 is 0 Å². The van der Waals surface area contributed by atoms with Crippen LogP contribution in [0.5, 0.6) is 0 Å². The predicted octanol–water partition coefficient (Wildman–Crippen LogP) is 4.66. The van der Waals surface area contributed by atoms with Gasteiger partial charge in [-0.15, -0.1) is 0 Å². The van der Waals surface area contributed by atoms with Crippen LogP contribution in [0.3, 0.4) is 0 Å². The fraction of sp³-hybridized carbons (Fsp3) is 0.550. The maximum Gasteiger partial charge on any atom is 0.303 e. The summed E-state index contributed by atoms with van der Waals surface area (Å²) in [5.41, 5.74) is 0. The Morgan fingerprint density at radius 2 is 1.68 bits per heavy atom. The molecule has 0 aromatic carbocycles. The first-order valence-corrected chi connectivity index (χ1v) is 8.96. The van der Waals surface area contributed by atoms with Gasteiger partial charge in [-0.25, -0.2) is 4.89 Å². The summed E-state index contributed by atoms with van der Waals surface area (Å²) in [7, 11) is 0. The predicted molar refractivity (Wildman–Crippen MR) is 100 cm³/mol. The van der Waals surface area contributed by atoms with Crippen molar-refractivity contribution in [2.24, 2.45) is 0 Å². The largest absolute Gasteiger partial charge is 0.481 e. The van der Waals surface area contributed by atoms with Gasteiger partial charge in [-0.05, 0) is 25.7 Å². The third-order valence-electron chi connectivity index (χ3n) is 3.58. The number of hydrogen-bond acceptors (Lipinski definition) is 4. The SMILES string of the molecule is CCCCC[C@@H](/C=C/C=C\C=C\C=C\C[C@@H](O)CCCC(=O)O)OO. The number of aliphatic hydroxyl groups is 1. The molecule has 0 spiro atoms. The lowest BCUT2D eigenvalue weighted by atomic mass is 10.1. The van der Waals surface area contributed by atoms with Crippen LogP contribution in [0.1, 0.15) is 58.3 Å². The zero-order valence-corrected chi connectivity index (χ0v) is 15.1. The first-order valence-electron chi connectivity index (χ1n) is 8.96. The van der Waals surface area contributed by atoms with Crippen molar-refractivity contribution in [1.29, 1.82) is 0 Å². The van der Waals surface area contributed by atoms with Crippen LogP contribution in [0.2, 0.25) is 0 Å². The third kappa shape index (κ3) is 16.9. The van der Waals surface area contributed by atoms with Crippen molar-refractivity contribution >= 4 is 5.97 Å². The van der Waals surface area contributed by atoms with Crippen molar-refractivity contribution in [2.45, 2.75) is 70.5 Å². The maximum absolute atomic E-state index is 10.4. The fourth-order valence-corrected chi connectivity index (χ4v) is 2.15. The second-order valence-corrected chi connectivity index (χ2v) is 5.90. The molecule has 0 heterocycles. The molecule has 0 aliphatic rings. The Morgan fingerprint density at radius 3 is 2.32 bits per heavy atom. The van der Waals surface area contributed by atoms with Gasteiger partial charge in [0.05, 0.1) is 6.10 Å². The molecular weight excluding hydrogens is 320 g/mol. The average molecular weight is 352 g/mol. The summed E-state index contributed by atoms with van der Waals surface area (Å²) in [6.45, 7) is 2.13. The van der Waals surface area contributed by atoms with E-state index in [4.69, 9.17) is 10.4 Å². The number of carboxylic acid groups (broad SMARTS) is 1. The molecule has 0 rings (SSSR count). The Hall–Kier alpha value is -1.69. The van der Waals surface area contributed by atoms with Crippen LogP contribution in [0.25, 0.3) is 0 Å². The second-order valence-electron chi connectivity index (χ2n) is 5.90. The highest BCUT2D eigenvalue weighted by molar-refractivity contribution is 5.66. The van der Waals surface area contributed by atoms with Gasteiger partial charge in [0.2, 0.25) is 0 Å². The summed E-state index contributed by atoms with van der Waals surface area (Å²) >= 11 is 0. The molecule has 142 valence electrons. The van der Waals surface area contributed by atoms with E-state index in [9.17, 15) is 9.90 Å². The zero-order valence-electron chi connectivity index (χ0n) is 15.1. The number of rotatable bonds is 15. The maximum atomic E-state index is 10.4. The van der Waals surface area contributed by atoms with Gasteiger partial charge in [0, 0.05) is 6.42 Å². The molecular formula is C20H32O5. The minimum atomic E-state index is -0.829. The lowest BCUT2D eigenvalue weighted by Gasteiger charge is -2.06. The normalized spacial score (nSPS) is 15.0. The minimum Gasteiger partial charge on any atom is -0.481 e. The van der Waals surface area contributed by atoms with E-state index in [0.717, 1.165) is 25.7 Å². The van der Waals surface area contributed by atoms with E-state index in [2.05, 4.69) is 11.8 Å². The number of unbranched alkanes of at least 4 members (excludes halogenated alkanes) is 2. The Bertz CT molecular complexity index is 437. The van der Waals surface area contributed by atoms with E-state index >= 15 is 0 Å². The van der Waals surface area contributed by atoms with E-state index in [1.807, 2.05) is 48.6 Å². The van der Waals surface area contributed by atoms with Crippen LogP contribution in [0, 0.1) is 0 Å². The molecule has 25 heavy (non-hydrogen) atoms. The van der Waals surface area contributed by atoms with Crippen molar-refractivity contribution < 1.29 is 25.2 Å². The van der Waals surface area contributed by atoms with Gasteiger partial charge >= 0.3 is 5.97 Å². The van der Waals surface area contributed by atoms with E-state index in [0.29, 0.717) is 19.3 Å². The van der Waals surface area contributed by atoms with Crippen LogP contribution in [-0.4, -0.2) is 33.6 Å². The topological polar surface area (TPSA) is 87.0 Å². The summed E-state index contributed by atoms with van der Waals surface area (Å²) in [5.74, 6) is -0.829. The summed E-state index contributed by atoms with van der Waals surface area (Å²) in [4.78, 5) is 14.8. The molecule has 2 atom stereocenters. The first-order chi connectivity index (χ1) is 12.1. The number of carboxylic acids is 1. The highest BCUT2D eigenvalue weighted by Crippen LogP contribution is 2.07. The molecule has 0 saturated carbocycles. The summed E-state index contributed by atoms with van der Waals surface area (Å²) < 4.78 is 0. The van der Waals surface area contributed by atoms with Crippen molar-refractivity contribution in [3.05, 3.63) is 48.6 Å². The van der Waals surface area contributed by atoms with Crippen molar-refractivity contribution in [2.75, 3.05) is 0 Å². The van der Waals surface area contributed by atoms with E-state index in [1.165, 1.54) is 0 Å². The highest BCUT2D eigenvalue weighted by Gasteiger charge is 2.03. The van der Waals surface area contributed by atoms with Gasteiger partial charge in [-0.3, -0.25) is 10.1 Å². The van der Waals surface area contributed by atoms with Crippen molar-refractivity contribution in [3.63, 3.8) is 0 Å². The highest BCUT2D eigenvalue weighted by atomic mass is 17.1. The van der Waals surface area contributed by atoms with Crippen molar-refractivity contribution in [1.82, 2.24) is 0 Å². The Balaban J connectivity index is 3.88. The number of allylic oxidation sites excluding steroid dienone is 6. The fourth-order valence-electron chi connectivity index (χ4n) is 2.15. The molecule has 0 amide bonds. The summed E-state index contributed by atoms with van der Waals surface area (Å²) in [6.07, 6.45) is 19.8. The lowest BCUT2D eigenvalue weighted by Crippen LogP contribution is -2.06. The van der Waals surface area contributed by atoms with E-state index in [-0.39, 0.29) is 12.5 Å². The summed E-state index contributed by atoms with van der Waals surface area (Å²) in [5, 5.41) is 27.0. The molecule has 0 radical (unpaired) electrons. The van der Waals surface area contributed by atoms with Crippen LogP contribution < -0.4 is 0 Å². The van der Waals surface area contributed by atoms with Crippen LogP contribution in [-0.2, 0) is 9.68 Å². The smallest absolute Gasteiger partial charge is 0.303 e. The standard InChI is InChI=1S/C20H32O5/c1-2-3-9-15-19(25-24)16-11-8-6-4-5-7-10-13-18(21)14-12-17-20(22)23/h4-8,10-11,16,18-19,21,24H,2-3,9,12-15,17H2,1H3,(H,22,23)/b5-4+,8-6-,10-7+,16-11+/t18-,19+/m1/s1. The minimum absolute atomic E-state index is 0.0970. The molecule has 3 N–H and O–H groups in total. The zero-order chi connectivity index (χ0) is 18.8. The molecule has 0 saturated heterocycles. The van der Waals surface area contributed by atoms with Gasteiger partial charge in [-0.2, -0.15) is 0 Å². The van der Waals surface area contributed by atoms with Crippen molar-refractivity contribution in [3.8, 4) is 0 Å². The van der Waals surface area contributed by atoms with E-state index < -0.39 is 12.1 Å². The van der Waals surface area contributed by atoms with Crippen LogP contribution in [0.4, 0.5) is 0 Å². The molecule has 0 aromatic heterocycles. The third-order valence-corrected chi connectivity index (χ3v) is 3.58. The second kappa shape index (κ2) is 17.1. The van der Waals surface area contributed by atoms with Gasteiger partial charge in [0.25, 0.3) is 0 Å². The van der Waals surface area contributed by atoms with Gasteiger partial charge in [0.1, 0.15) is 6.10 Å². The first kappa shape index (κ1) is 23.3. The Morgan fingerprint density at radius 1 is 1.00 bits per heavy atom. The number of hydrogen-bond donors (Lipinski definition) is 3. The van der Waals surface area contributed by atoms with Crippen LogP contribution in [0.15, 0.2) is 48.6 Å². The molecule has 0 aliphatic heterocycles. The lowest BCUT2D eigenvalue weighted by molar-refractivity contribution is -0.267. The molecule has 0 unspecified atom stereocenters. The Kier molecular flexibility index (Phi) is 16.0. The molecule has 5 heteroatoms. The molecule has 0 aliphatic carbocycles. The number of carbonyl (C=O) groups is 1. The number of aliphatic carboxylic acids is 1. The van der Waals surface area contributed by atoms with Gasteiger partial charge in [0.15, 0.2) is 0 Å². The monoisotopic (exact) mass is 352 g/mol. The molecule has 0 bridgehead atoms. The average Bonchev–Trinajstić information content (AvgIpc) is 2.58. The Labute approximate surface area is 151 Å². The number of aliphatic hydroxyl groups excluding tert-OH is 1. The molecule has 0 aromatic rings.